The number of primary amides is 1. The third-order valence-electron chi connectivity index (χ3n) is 5.05. The molecule has 2 aliphatic rings. The van der Waals surface area contributed by atoms with Gasteiger partial charge in [0.25, 0.3) is 5.91 Å². The zero-order chi connectivity index (χ0) is 25.8. The lowest BCUT2D eigenvalue weighted by Gasteiger charge is -2.24. The highest BCUT2D eigenvalue weighted by Gasteiger charge is 2.30. The van der Waals surface area contributed by atoms with E-state index in [-0.39, 0.29) is 41.1 Å². The number of carbonyl (C=O) groups excluding carboxylic acids is 3. The van der Waals surface area contributed by atoms with Crippen molar-refractivity contribution < 1.29 is 24.2 Å². The summed E-state index contributed by atoms with van der Waals surface area (Å²) in [6, 6.07) is 1.50. The van der Waals surface area contributed by atoms with Crippen LogP contribution in [0.15, 0.2) is 47.3 Å². The van der Waals surface area contributed by atoms with Crippen molar-refractivity contribution in [1.82, 2.24) is 15.6 Å². The summed E-state index contributed by atoms with van der Waals surface area (Å²) in [7, 11) is 4.26. The van der Waals surface area contributed by atoms with Gasteiger partial charge in [-0.2, -0.15) is 0 Å². The standard InChI is InChI=1S/C21H27B2N7O5/c1-35-18-13(4-5-26-17(18)11(8-24)6-15(25)31)28-14-7-16(29-19(32)10-2-3-10)27-9-12(14)20(33)30-21(22,23)34/h4-5,7-10,24,26,34H,2-3,6,22-23H2,1H3,(H2,25,31)(H,30,33)(H2,27,28,29,32)/b17-11-,24-8?. The smallest absolute Gasteiger partial charge is 0.255 e. The first-order valence-corrected chi connectivity index (χ1v) is 10.9. The minimum Gasteiger partial charge on any atom is -0.492 e. The fraction of sp³-hybridized carbons (Fsp3) is 0.286. The molecule has 182 valence electrons. The maximum atomic E-state index is 12.9. The number of carbonyl (C=O) groups is 3. The van der Waals surface area contributed by atoms with E-state index in [2.05, 4.69) is 26.3 Å². The Morgan fingerprint density at radius 1 is 1.40 bits per heavy atom. The Labute approximate surface area is 203 Å². The van der Waals surface area contributed by atoms with Crippen LogP contribution in [-0.2, 0) is 14.3 Å². The van der Waals surface area contributed by atoms with Gasteiger partial charge in [0.2, 0.25) is 11.8 Å². The first-order valence-electron chi connectivity index (χ1n) is 10.9. The molecule has 2 heterocycles. The normalized spacial score (nSPS) is 16.6. The van der Waals surface area contributed by atoms with Gasteiger partial charge < -0.3 is 42.3 Å². The van der Waals surface area contributed by atoms with Gasteiger partial charge in [0.15, 0.2) is 21.5 Å². The molecular weight excluding hydrogens is 452 g/mol. The van der Waals surface area contributed by atoms with Gasteiger partial charge in [-0.3, -0.25) is 14.4 Å². The third-order valence-corrected chi connectivity index (χ3v) is 5.05. The molecule has 14 heteroatoms. The summed E-state index contributed by atoms with van der Waals surface area (Å²) in [4.78, 5) is 40.7. The average Bonchev–Trinajstić information content (AvgIpc) is 3.62. The highest BCUT2D eigenvalue weighted by Crippen LogP contribution is 2.31. The third kappa shape index (κ3) is 6.73. The largest absolute Gasteiger partial charge is 0.492 e. The first kappa shape index (κ1) is 25.6. The predicted octanol–water partition coefficient (Wildman–Crippen LogP) is -1.80. The van der Waals surface area contributed by atoms with Gasteiger partial charge in [-0.25, -0.2) is 4.98 Å². The van der Waals surface area contributed by atoms with Crippen molar-refractivity contribution in [2.24, 2.45) is 11.7 Å². The number of nitrogens with two attached hydrogens (primary N) is 1. The fourth-order valence-corrected chi connectivity index (χ4v) is 3.30. The van der Waals surface area contributed by atoms with Crippen molar-refractivity contribution in [2.75, 3.05) is 17.7 Å². The lowest BCUT2D eigenvalue weighted by atomic mass is 9.73. The Kier molecular flexibility index (Phi) is 7.65. The molecule has 1 aromatic rings. The Morgan fingerprint density at radius 2 is 2.11 bits per heavy atom. The molecule has 0 bridgehead atoms. The van der Waals surface area contributed by atoms with Gasteiger partial charge in [-0.05, 0) is 18.9 Å². The van der Waals surface area contributed by atoms with E-state index in [1.807, 2.05) is 0 Å². The lowest BCUT2D eigenvalue weighted by Crippen LogP contribution is -2.49. The number of hydrogen-bond acceptors (Lipinski definition) is 9. The predicted molar refractivity (Wildman–Crippen MR) is 135 cm³/mol. The Morgan fingerprint density at radius 3 is 2.69 bits per heavy atom. The van der Waals surface area contributed by atoms with E-state index in [0.717, 1.165) is 19.1 Å². The Hall–Kier alpha value is -4.06. The molecule has 0 unspecified atom stereocenters. The summed E-state index contributed by atoms with van der Waals surface area (Å²) in [5.41, 5.74) is 5.24. The van der Waals surface area contributed by atoms with Crippen LogP contribution in [0.5, 0.6) is 0 Å². The van der Waals surface area contributed by atoms with Crippen molar-refractivity contribution in [3.63, 3.8) is 0 Å². The van der Waals surface area contributed by atoms with E-state index in [0.29, 0.717) is 17.0 Å². The van der Waals surface area contributed by atoms with Crippen LogP contribution in [-0.4, -0.2) is 62.4 Å². The average molecular weight is 479 g/mol. The Bertz CT molecular complexity index is 1150. The van der Waals surface area contributed by atoms with Crippen molar-refractivity contribution in [3.05, 3.63) is 52.8 Å². The van der Waals surface area contributed by atoms with Crippen LogP contribution in [0.4, 0.5) is 11.5 Å². The number of dihydropyridines is 1. The fourth-order valence-electron chi connectivity index (χ4n) is 3.30. The number of ether oxygens (including phenoxy) is 1. The number of aliphatic hydroxyl groups is 1. The summed E-state index contributed by atoms with van der Waals surface area (Å²) in [5.74, 6) is -0.905. The zero-order valence-electron chi connectivity index (χ0n) is 19.7. The van der Waals surface area contributed by atoms with Crippen molar-refractivity contribution in [3.8, 4) is 0 Å². The number of amides is 3. The number of rotatable bonds is 10. The number of anilines is 2. The SMILES string of the molecule is BC(B)(O)NC(=O)c1cnc(NC(=O)C2CC2)cc1NC1=C(OC)/C(=C(/C=N)CC(N)=O)NC=C1. The van der Waals surface area contributed by atoms with Crippen molar-refractivity contribution in [2.45, 2.75) is 24.8 Å². The number of pyridine rings is 1. The summed E-state index contributed by atoms with van der Waals surface area (Å²) in [6.07, 6.45) is 6.94. The number of allylic oxidation sites excluding steroid dienone is 1. The molecule has 12 nitrogen and oxygen atoms in total. The lowest BCUT2D eigenvalue weighted by molar-refractivity contribution is -0.118. The van der Waals surface area contributed by atoms with E-state index in [9.17, 15) is 19.5 Å². The van der Waals surface area contributed by atoms with Gasteiger partial charge in [0, 0.05) is 36.2 Å². The Balaban J connectivity index is 2.04. The maximum Gasteiger partial charge on any atom is 0.255 e. The van der Waals surface area contributed by atoms with Gasteiger partial charge in [0.05, 0.1) is 41.7 Å². The molecule has 0 radical (unpaired) electrons. The molecule has 0 spiro atoms. The molecule has 0 saturated heterocycles. The molecule has 1 saturated carbocycles. The topological polar surface area (TPSA) is 192 Å². The first-order chi connectivity index (χ1) is 16.5. The number of methoxy groups -OCH3 is 1. The molecule has 1 aromatic heterocycles. The number of hydrogen-bond donors (Lipinski definition) is 7. The van der Waals surface area contributed by atoms with Crippen LogP contribution in [0.25, 0.3) is 0 Å². The summed E-state index contributed by atoms with van der Waals surface area (Å²) in [6.45, 7) is 0. The van der Waals surface area contributed by atoms with Crippen LogP contribution in [0, 0.1) is 11.3 Å². The van der Waals surface area contributed by atoms with Gasteiger partial charge in [-0.1, -0.05) is 0 Å². The highest BCUT2D eigenvalue weighted by atomic mass is 16.5. The molecular formula is C21H27B2N7O5. The van der Waals surface area contributed by atoms with Crippen molar-refractivity contribution >= 4 is 51.1 Å². The summed E-state index contributed by atoms with van der Waals surface area (Å²) in [5, 5.41) is 29.0. The van der Waals surface area contributed by atoms with Gasteiger partial charge >= 0.3 is 0 Å². The van der Waals surface area contributed by atoms with Crippen LogP contribution in [0.1, 0.15) is 29.6 Å². The van der Waals surface area contributed by atoms with Gasteiger partial charge in [0.1, 0.15) is 5.82 Å². The van der Waals surface area contributed by atoms with Crippen LogP contribution < -0.4 is 27.0 Å². The van der Waals surface area contributed by atoms with Crippen LogP contribution in [0.2, 0.25) is 0 Å². The second kappa shape index (κ2) is 10.5. The molecule has 0 atom stereocenters. The van der Waals surface area contributed by atoms with E-state index >= 15 is 0 Å². The van der Waals surface area contributed by atoms with Crippen molar-refractivity contribution in [1.29, 1.82) is 5.41 Å². The number of nitrogens with one attached hydrogen (secondary N) is 5. The maximum absolute atomic E-state index is 12.9. The molecule has 0 aromatic carbocycles. The zero-order valence-corrected chi connectivity index (χ0v) is 19.7. The number of nitrogens with zero attached hydrogens (tertiary/aromatic N) is 1. The van der Waals surface area contributed by atoms with Gasteiger partial charge in [-0.15, -0.1) is 0 Å². The second-order valence-electron chi connectivity index (χ2n) is 8.63. The monoisotopic (exact) mass is 479 g/mol. The van der Waals surface area contributed by atoms with Crippen LogP contribution in [0.3, 0.4) is 0 Å². The summed E-state index contributed by atoms with van der Waals surface area (Å²) >= 11 is 0. The number of aromatic nitrogens is 1. The molecule has 1 aliphatic heterocycles. The van der Waals surface area contributed by atoms with E-state index in [4.69, 9.17) is 15.9 Å². The summed E-state index contributed by atoms with van der Waals surface area (Å²) < 4.78 is 5.53. The molecule has 1 aliphatic carbocycles. The van der Waals surface area contributed by atoms with E-state index < -0.39 is 17.3 Å². The highest BCUT2D eigenvalue weighted by molar-refractivity contribution is 6.39. The van der Waals surface area contributed by atoms with E-state index in [1.54, 1.807) is 12.3 Å². The quantitative estimate of drug-likeness (QED) is 0.116. The molecule has 8 N–H and O–H groups in total. The minimum absolute atomic E-state index is 0.0426. The molecule has 1 fully saturated rings. The van der Waals surface area contributed by atoms with Crippen LogP contribution >= 0.6 is 0 Å². The molecule has 35 heavy (non-hydrogen) atoms. The molecule has 3 rings (SSSR count). The minimum atomic E-state index is -1.48. The van der Waals surface area contributed by atoms with E-state index in [1.165, 1.54) is 35.1 Å². The second-order valence-corrected chi connectivity index (χ2v) is 8.63. The molecule has 3 amide bonds.